The van der Waals surface area contributed by atoms with Crippen LogP contribution in [0.1, 0.15) is 406 Å². The molecule has 0 aromatic carbocycles. The maximum atomic E-state index is 12.6. The van der Waals surface area contributed by atoms with Crippen LogP contribution in [0.4, 0.5) is 0 Å². The fraction of sp³-hybridized carbons (Fsp3) is 0.918. The second-order valence-electron chi connectivity index (χ2n) is 24.9. The molecule has 0 aromatic heterocycles. The smallest absolute Gasteiger partial charge is 0.305 e. The van der Waals surface area contributed by atoms with Crippen molar-refractivity contribution in [1.82, 2.24) is 5.32 Å². The van der Waals surface area contributed by atoms with Crippen molar-refractivity contribution in [2.75, 3.05) is 13.2 Å². The second-order valence-corrected chi connectivity index (χ2v) is 24.9. The van der Waals surface area contributed by atoms with Gasteiger partial charge in [-0.1, -0.05) is 359 Å². The van der Waals surface area contributed by atoms with E-state index in [1.165, 1.54) is 321 Å². The fourth-order valence-corrected chi connectivity index (χ4v) is 11.5. The highest BCUT2D eigenvalue weighted by atomic mass is 16.5. The van der Waals surface area contributed by atoms with Crippen LogP contribution in [0.2, 0.25) is 0 Å². The molecule has 0 saturated carbocycles. The molecule has 0 rings (SSSR count). The van der Waals surface area contributed by atoms with Gasteiger partial charge in [-0.05, 0) is 57.8 Å². The molecule has 0 radical (unpaired) electrons. The molecule has 0 heterocycles. The van der Waals surface area contributed by atoms with Gasteiger partial charge in [0.25, 0.3) is 0 Å². The molecule has 6 nitrogen and oxygen atoms in total. The van der Waals surface area contributed by atoms with Crippen LogP contribution in [0, 0.1) is 0 Å². The van der Waals surface area contributed by atoms with E-state index >= 15 is 0 Å². The summed E-state index contributed by atoms with van der Waals surface area (Å²) in [6.07, 6.45) is 86.5. The lowest BCUT2D eigenvalue weighted by atomic mass is 10.0. The van der Waals surface area contributed by atoms with Gasteiger partial charge in [0.15, 0.2) is 0 Å². The lowest BCUT2D eigenvalue weighted by Crippen LogP contribution is -2.45. The Balaban J connectivity index is 3.39. The summed E-state index contributed by atoms with van der Waals surface area (Å²) < 4.78 is 5.50. The first-order valence-corrected chi connectivity index (χ1v) is 36.1. The van der Waals surface area contributed by atoms with E-state index in [-0.39, 0.29) is 18.5 Å². The first kappa shape index (κ1) is 77.3. The summed E-state index contributed by atoms with van der Waals surface area (Å²) in [7, 11) is 0. The SMILES string of the molecule is CCCCC/C=C\C/C=C\CCCCCCCCCC(=O)OCCCCCCCCCCCCCCCCCCCCCCC(=O)NC(CO)C(O)CCCCCCCCCCCCCCCCCCCCCCCCCCC. The Morgan fingerprint density at radius 1 is 0.354 bits per heavy atom. The van der Waals surface area contributed by atoms with Crippen molar-refractivity contribution in [2.24, 2.45) is 0 Å². The minimum atomic E-state index is -0.667. The van der Waals surface area contributed by atoms with Gasteiger partial charge in [-0.2, -0.15) is 0 Å². The Bertz CT molecular complexity index is 1230. The van der Waals surface area contributed by atoms with Gasteiger partial charge in [0.2, 0.25) is 5.91 Å². The number of aliphatic hydroxyl groups is 2. The number of unbranched alkanes of at least 4 members (excludes halogenated alkanes) is 53. The molecule has 468 valence electrons. The molecule has 0 bridgehead atoms. The quantitative estimate of drug-likeness (QED) is 0.0320. The molecule has 2 unspecified atom stereocenters. The van der Waals surface area contributed by atoms with Crippen molar-refractivity contribution in [3.63, 3.8) is 0 Å². The van der Waals surface area contributed by atoms with Crippen molar-refractivity contribution in [1.29, 1.82) is 0 Å². The molecule has 0 fully saturated rings. The monoisotopic (exact) mass is 1110 g/mol. The molecular weight excluding hydrogens is 971 g/mol. The number of rotatable bonds is 68. The number of carbonyl (C=O) groups is 2. The number of amides is 1. The highest BCUT2D eigenvalue weighted by molar-refractivity contribution is 5.76. The van der Waals surface area contributed by atoms with Crippen LogP contribution in [0.25, 0.3) is 0 Å². The third kappa shape index (κ3) is 65.4. The molecule has 1 amide bonds. The van der Waals surface area contributed by atoms with Gasteiger partial charge in [-0.3, -0.25) is 9.59 Å². The van der Waals surface area contributed by atoms with E-state index in [9.17, 15) is 19.8 Å². The topological polar surface area (TPSA) is 95.9 Å². The van der Waals surface area contributed by atoms with Gasteiger partial charge < -0.3 is 20.3 Å². The van der Waals surface area contributed by atoms with Crippen molar-refractivity contribution >= 4 is 11.9 Å². The molecule has 0 aromatic rings. The van der Waals surface area contributed by atoms with E-state index in [4.69, 9.17) is 4.74 Å². The largest absolute Gasteiger partial charge is 0.466 e. The lowest BCUT2D eigenvalue weighted by Gasteiger charge is -2.22. The van der Waals surface area contributed by atoms with Gasteiger partial charge in [0.1, 0.15) is 0 Å². The van der Waals surface area contributed by atoms with Crippen LogP contribution in [0.3, 0.4) is 0 Å². The predicted molar refractivity (Wildman–Crippen MR) is 347 cm³/mol. The van der Waals surface area contributed by atoms with Gasteiger partial charge in [-0.15, -0.1) is 0 Å². The third-order valence-electron chi connectivity index (χ3n) is 17.0. The van der Waals surface area contributed by atoms with Gasteiger partial charge >= 0.3 is 5.97 Å². The number of ether oxygens (including phenoxy) is 1. The molecule has 0 saturated heterocycles. The number of hydrogen-bond donors (Lipinski definition) is 3. The molecule has 0 aliphatic rings. The van der Waals surface area contributed by atoms with Crippen LogP contribution >= 0.6 is 0 Å². The average molecular weight is 1110 g/mol. The number of carbonyl (C=O) groups excluding carboxylic acids is 2. The van der Waals surface area contributed by atoms with Gasteiger partial charge in [0, 0.05) is 12.8 Å². The predicted octanol–water partition coefficient (Wildman–Crippen LogP) is 23.3. The van der Waals surface area contributed by atoms with Crippen molar-refractivity contribution in [3.05, 3.63) is 24.3 Å². The van der Waals surface area contributed by atoms with Crippen molar-refractivity contribution in [3.8, 4) is 0 Å². The summed E-state index contributed by atoms with van der Waals surface area (Å²) in [6.45, 7) is 4.96. The zero-order valence-corrected chi connectivity index (χ0v) is 53.6. The number of allylic oxidation sites excluding steroid dienone is 4. The lowest BCUT2D eigenvalue weighted by molar-refractivity contribution is -0.143. The average Bonchev–Trinajstić information content (AvgIpc) is 3.45. The molecule has 3 N–H and O–H groups in total. The van der Waals surface area contributed by atoms with Crippen LogP contribution in [0.15, 0.2) is 24.3 Å². The minimum absolute atomic E-state index is 0.00410. The highest BCUT2D eigenvalue weighted by Gasteiger charge is 2.20. The Labute approximate surface area is 494 Å². The van der Waals surface area contributed by atoms with Crippen molar-refractivity contribution in [2.45, 2.75) is 418 Å². The second kappa shape index (κ2) is 68.8. The van der Waals surface area contributed by atoms with E-state index in [1.807, 2.05) is 0 Å². The summed E-state index contributed by atoms with van der Waals surface area (Å²) in [6, 6.07) is -0.545. The number of nitrogens with one attached hydrogen (secondary N) is 1. The Morgan fingerprint density at radius 3 is 0.987 bits per heavy atom. The summed E-state index contributed by atoms with van der Waals surface area (Å²) in [5.74, 6) is -0.0278. The zero-order valence-electron chi connectivity index (χ0n) is 53.6. The summed E-state index contributed by atoms with van der Waals surface area (Å²) >= 11 is 0. The number of aliphatic hydroxyl groups excluding tert-OH is 2. The van der Waals surface area contributed by atoms with E-state index in [0.717, 1.165) is 51.4 Å². The number of hydrogen-bond acceptors (Lipinski definition) is 5. The molecular formula is C73H141NO5. The van der Waals surface area contributed by atoms with E-state index < -0.39 is 12.1 Å². The summed E-state index contributed by atoms with van der Waals surface area (Å²) in [5.41, 5.74) is 0. The van der Waals surface area contributed by atoms with Crippen LogP contribution in [0.5, 0.6) is 0 Å². The van der Waals surface area contributed by atoms with Crippen LogP contribution in [-0.4, -0.2) is 47.4 Å². The highest BCUT2D eigenvalue weighted by Crippen LogP contribution is 2.19. The summed E-state index contributed by atoms with van der Waals surface area (Å²) in [4.78, 5) is 24.7. The normalized spacial score (nSPS) is 12.6. The minimum Gasteiger partial charge on any atom is -0.466 e. The fourth-order valence-electron chi connectivity index (χ4n) is 11.5. The Morgan fingerprint density at radius 2 is 0.633 bits per heavy atom. The molecule has 0 aliphatic carbocycles. The molecule has 0 spiro atoms. The summed E-state index contributed by atoms with van der Waals surface area (Å²) in [5, 5.41) is 23.5. The van der Waals surface area contributed by atoms with Crippen LogP contribution < -0.4 is 5.32 Å². The molecule has 79 heavy (non-hydrogen) atoms. The Hall–Kier alpha value is -1.66. The maximum Gasteiger partial charge on any atom is 0.305 e. The van der Waals surface area contributed by atoms with Crippen LogP contribution in [-0.2, 0) is 14.3 Å². The maximum absolute atomic E-state index is 12.6. The number of esters is 1. The standard InChI is InChI=1S/C73H141NO5/c1-3-5-7-9-11-13-15-17-19-21-22-23-24-25-26-27-30-34-37-41-45-49-53-57-61-65-71(76)70(69-75)74-72(77)66-62-58-54-50-46-42-38-35-31-28-29-32-36-40-44-48-52-56-60-64-68-79-73(78)67-63-59-55-51-47-43-39-33-20-18-16-14-12-10-8-6-4-2/h12,14,18,20,70-71,75-76H,3-11,13,15-17,19,21-69H2,1-2H3,(H,74,77)/b14-12-,20-18-. The van der Waals surface area contributed by atoms with E-state index in [0.29, 0.717) is 25.9 Å². The van der Waals surface area contributed by atoms with E-state index in [2.05, 4.69) is 43.5 Å². The molecule has 2 atom stereocenters. The van der Waals surface area contributed by atoms with Crippen molar-refractivity contribution < 1.29 is 24.5 Å². The first-order valence-electron chi connectivity index (χ1n) is 36.1. The molecule has 6 heteroatoms. The Kier molecular flexibility index (Phi) is 67.4. The van der Waals surface area contributed by atoms with E-state index in [1.54, 1.807) is 0 Å². The third-order valence-corrected chi connectivity index (χ3v) is 17.0. The molecule has 0 aliphatic heterocycles. The van der Waals surface area contributed by atoms with Gasteiger partial charge in [-0.25, -0.2) is 0 Å². The van der Waals surface area contributed by atoms with Gasteiger partial charge in [0.05, 0.1) is 25.4 Å². The zero-order chi connectivity index (χ0) is 57.1. The first-order chi connectivity index (χ1) is 39.0.